The third-order valence-corrected chi connectivity index (χ3v) is 2.84. The molecule has 2 nitrogen and oxygen atoms in total. The largest absolute Gasteiger partial charge is 0.395 e. The molecule has 0 aromatic heterocycles. The Morgan fingerprint density at radius 1 is 1.25 bits per heavy atom. The molecule has 1 aromatic carbocycles. The molecule has 0 saturated heterocycles. The number of nitrogens with one attached hydrogen (secondary N) is 1. The van der Waals surface area contributed by atoms with Gasteiger partial charge in [0.1, 0.15) is 5.82 Å². The van der Waals surface area contributed by atoms with Crippen LogP contribution in [0.15, 0.2) is 24.3 Å². The van der Waals surface area contributed by atoms with E-state index in [1.807, 2.05) is 26.8 Å². The van der Waals surface area contributed by atoms with E-state index in [-0.39, 0.29) is 24.5 Å². The maximum Gasteiger partial charge on any atom is 0.127 e. The van der Waals surface area contributed by atoms with Gasteiger partial charge in [-0.15, -0.1) is 0 Å². The number of hydrogen-bond acceptors (Lipinski definition) is 2. The van der Waals surface area contributed by atoms with Crippen molar-refractivity contribution in [3.8, 4) is 0 Å². The molecule has 0 unspecified atom stereocenters. The molecule has 2 atom stereocenters. The predicted molar refractivity (Wildman–Crippen MR) is 63.7 cm³/mol. The Balaban J connectivity index is 2.72. The summed E-state index contributed by atoms with van der Waals surface area (Å²) in [5, 5.41) is 12.4. The smallest absolute Gasteiger partial charge is 0.127 e. The van der Waals surface area contributed by atoms with Crippen molar-refractivity contribution in [3.05, 3.63) is 35.6 Å². The van der Waals surface area contributed by atoms with Crippen LogP contribution in [0.3, 0.4) is 0 Å². The first-order valence-electron chi connectivity index (χ1n) is 5.67. The Bertz CT molecular complexity index is 327. The molecular formula is C13H20FNO. The quantitative estimate of drug-likeness (QED) is 0.807. The molecule has 0 heterocycles. The van der Waals surface area contributed by atoms with Crippen molar-refractivity contribution in [2.24, 2.45) is 5.92 Å². The summed E-state index contributed by atoms with van der Waals surface area (Å²) in [5.41, 5.74) is 0.640. The summed E-state index contributed by atoms with van der Waals surface area (Å²) in [4.78, 5) is 0. The second-order valence-corrected chi connectivity index (χ2v) is 4.44. The zero-order chi connectivity index (χ0) is 12.1. The lowest BCUT2D eigenvalue weighted by atomic mass is 10.0. The summed E-state index contributed by atoms with van der Waals surface area (Å²) in [6.07, 6.45) is 0. The molecule has 0 spiro atoms. The first kappa shape index (κ1) is 13.1. The van der Waals surface area contributed by atoms with Gasteiger partial charge < -0.3 is 10.4 Å². The molecule has 0 aliphatic heterocycles. The van der Waals surface area contributed by atoms with Crippen LogP contribution in [-0.4, -0.2) is 17.8 Å². The fourth-order valence-electron chi connectivity index (χ4n) is 1.69. The molecule has 0 radical (unpaired) electrons. The molecule has 2 N–H and O–H groups in total. The zero-order valence-corrected chi connectivity index (χ0v) is 10.1. The minimum absolute atomic E-state index is 0.00499. The van der Waals surface area contributed by atoms with Gasteiger partial charge in [0.2, 0.25) is 0 Å². The second kappa shape index (κ2) is 5.97. The summed E-state index contributed by atoms with van der Waals surface area (Å²) < 4.78 is 13.5. The van der Waals surface area contributed by atoms with Gasteiger partial charge >= 0.3 is 0 Å². The van der Waals surface area contributed by atoms with Crippen LogP contribution >= 0.6 is 0 Å². The highest BCUT2D eigenvalue weighted by atomic mass is 19.1. The van der Waals surface area contributed by atoms with E-state index < -0.39 is 0 Å². The minimum Gasteiger partial charge on any atom is -0.395 e. The highest BCUT2D eigenvalue weighted by Gasteiger charge is 2.17. The average molecular weight is 225 g/mol. The molecule has 0 fully saturated rings. The molecule has 0 aliphatic carbocycles. The van der Waals surface area contributed by atoms with Crippen LogP contribution in [0.25, 0.3) is 0 Å². The van der Waals surface area contributed by atoms with Gasteiger partial charge in [-0.2, -0.15) is 0 Å². The lowest BCUT2D eigenvalue weighted by Gasteiger charge is -2.25. The number of halogens is 1. The van der Waals surface area contributed by atoms with Crippen LogP contribution in [-0.2, 0) is 0 Å². The van der Waals surface area contributed by atoms with Crippen LogP contribution in [0.1, 0.15) is 32.4 Å². The van der Waals surface area contributed by atoms with E-state index in [9.17, 15) is 9.50 Å². The third kappa shape index (κ3) is 3.29. The Labute approximate surface area is 96.5 Å². The van der Waals surface area contributed by atoms with Crippen molar-refractivity contribution < 1.29 is 9.50 Å². The number of hydrogen-bond donors (Lipinski definition) is 2. The van der Waals surface area contributed by atoms with Crippen molar-refractivity contribution in [1.29, 1.82) is 0 Å². The molecular weight excluding hydrogens is 205 g/mol. The molecule has 0 saturated carbocycles. The minimum atomic E-state index is -0.206. The van der Waals surface area contributed by atoms with E-state index in [0.717, 1.165) is 0 Å². The zero-order valence-electron chi connectivity index (χ0n) is 10.1. The predicted octanol–water partition coefficient (Wildman–Crippen LogP) is 2.49. The van der Waals surface area contributed by atoms with E-state index >= 15 is 0 Å². The van der Waals surface area contributed by atoms with E-state index in [4.69, 9.17) is 0 Å². The van der Waals surface area contributed by atoms with Crippen molar-refractivity contribution >= 4 is 0 Å². The summed E-state index contributed by atoms with van der Waals surface area (Å²) in [7, 11) is 0. The van der Waals surface area contributed by atoms with Crippen LogP contribution < -0.4 is 5.32 Å². The van der Waals surface area contributed by atoms with Gasteiger partial charge in [-0.1, -0.05) is 32.0 Å². The van der Waals surface area contributed by atoms with Gasteiger partial charge in [-0.3, -0.25) is 0 Å². The fourth-order valence-corrected chi connectivity index (χ4v) is 1.69. The number of benzene rings is 1. The molecule has 16 heavy (non-hydrogen) atoms. The third-order valence-electron chi connectivity index (χ3n) is 2.84. The molecule has 0 bridgehead atoms. The Morgan fingerprint density at radius 3 is 2.38 bits per heavy atom. The number of aliphatic hydroxyl groups excluding tert-OH is 1. The van der Waals surface area contributed by atoms with Gasteiger partial charge in [0.05, 0.1) is 6.61 Å². The Kier molecular flexibility index (Phi) is 4.90. The summed E-state index contributed by atoms with van der Waals surface area (Å²) in [6.45, 7) is 6.03. The van der Waals surface area contributed by atoms with E-state index in [1.165, 1.54) is 6.07 Å². The average Bonchev–Trinajstić information content (AvgIpc) is 2.25. The first-order chi connectivity index (χ1) is 7.56. The van der Waals surface area contributed by atoms with Gasteiger partial charge in [0, 0.05) is 17.6 Å². The molecule has 0 aliphatic rings. The maximum absolute atomic E-state index is 13.5. The summed E-state index contributed by atoms with van der Waals surface area (Å²) in [5.74, 6) is 0.113. The first-order valence-corrected chi connectivity index (χ1v) is 5.67. The van der Waals surface area contributed by atoms with Crippen molar-refractivity contribution in [2.75, 3.05) is 6.61 Å². The highest BCUT2D eigenvalue weighted by molar-refractivity contribution is 5.20. The second-order valence-electron chi connectivity index (χ2n) is 4.44. The standard InChI is InChI=1S/C13H20FNO/c1-9(2)13(8-16)15-10(3)11-6-4-5-7-12(11)14/h4-7,9-10,13,15-16H,8H2,1-3H3/t10-,13-/m0/s1. The van der Waals surface area contributed by atoms with E-state index in [0.29, 0.717) is 11.5 Å². The van der Waals surface area contributed by atoms with Gasteiger partial charge in [-0.05, 0) is 18.9 Å². The molecule has 1 rings (SSSR count). The monoisotopic (exact) mass is 225 g/mol. The maximum atomic E-state index is 13.5. The Hall–Kier alpha value is -0.930. The Morgan fingerprint density at radius 2 is 1.88 bits per heavy atom. The van der Waals surface area contributed by atoms with E-state index in [1.54, 1.807) is 12.1 Å². The van der Waals surface area contributed by atoms with Crippen LogP contribution in [0.5, 0.6) is 0 Å². The summed E-state index contributed by atoms with van der Waals surface area (Å²) >= 11 is 0. The highest BCUT2D eigenvalue weighted by Crippen LogP contribution is 2.17. The lowest BCUT2D eigenvalue weighted by molar-refractivity contribution is 0.200. The van der Waals surface area contributed by atoms with Gasteiger partial charge in [-0.25, -0.2) is 4.39 Å². The van der Waals surface area contributed by atoms with Crippen molar-refractivity contribution in [3.63, 3.8) is 0 Å². The molecule has 3 heteroatoms. The molecule has 1 aromatic rings. The fraction of sp³-hybridized carbons (Fsp3) is 0.538. The van der Waals surface area contributed by atoms with Crippen LogP contribution in [0.4, 0.5) is 4.39 Å². The lowest BCUT2D eigenvalue weighted by Crippen LogP contribution is -2.38. The normalized spacial score (nSPS) is 15.1. The molecule has 0 amide bonds. The number of rotatable bonds is 5. The van der Waals surface area contributed by atoms with Crippen LogP contribution in [0, 0.1) is 11.7 Å². The SMILES string of the molecule is CC(C)[C@H](CO)N[C@@H](C)c1ccccc1F. The van der Waals surface area contributed by atoms with Gasteiger partial charge in [0.15, 0.2) is 0 Å². The summed E-state index contributed by atoms with van der Waals surface area (Å²) in [6, 6.07) is 6.62. The van der Waals surface area contributed by atoms with Crippen LogP contribution in [0.2, 0.25) is 0 Å². The van der Waals surface area contributed by atoms with Crippen molar-refractivity contribution in [2.45, 2.75) is 32.9 Å². The van der Waals surface area contributed by atoms with E-state index in [2.05, 4.69) is 5.32 Å². The molecule has 90 valence electrons. The number of aliphatic hydroxyl groups is 1. The van der Waals surface area contributed by atoms with Gasteiger partial charge in [0.25, 0.3) is 0 Å². The van der Waals surface area contributed by atoms with Crippen molar-refractivity contribution in [1.82, 2.24) is 5.32 Å². The topological polar surface area (TPSA) is 32.3 Å².